The molecule has 0 fully saturated rings. The summed E-state index contributed by atoms with van der Waals surface area (Å²) in [5.41, 5.74) is 0.462. The first-order valence-corrected chi connectivity index (χ1v) is 3.03. The number of methoxy groups -OCH3 is 1. The van der Waals surface area contributed by atoms with E-state index in [1.165, 1.54) is 0 Å². The Morgan fingerprint density at radius 2 is 2.40 bits per heavy atom. The lowest BCUT2D eigenvalue weighted by Gasteiger charge is -2.02. The molecule has 0 saturated carbocycles. The van der Waals surface area contributed by atoms with Crippen LogP contribution in [0.15, 0.2) is 24.4 Å². The van der Waals surface area contributed by atoms with Crippen LogP contribution in [0.4, 0.5) is 0 Å². The SMILES string of the molecule is COCn1ccccc1=N. The van der Waals surface area contributed by atoms with Gasteiger partial charge in [0.05, 0.1) is 0 Å². The summed E-state index contributed by atoms with van der Waals surface area (Å²) in [6.07, 6.45) is 1.81. The third-order valence-corrected chi connectivity index (χ3v) is 1.21. The molecule has 1 aromatic heterocycles. The minimum absolute atomic E-state index is 0.444. The second-order valence-corrected chi connectivity index (χ2v) is 1.97. The lowest BCUT2D eigenvalue weighted by Crippen LogP contribution is -2.18. The zero-order chi connectivity index (χ0) is 7.40. The topological polar surface area (TPSA) is 38.0 Å². The smallest absolute Gasteiger partial charge is 0.126 e. The number of nitrogens with zero attached hydrogens (tertiary/aromatic N) is 1. The summed E-state index contributed by atoms with van der Waals surface area (Å²) in [4.78, 5) is 0. The maximum Gasteiger partial charge on any atom is 0.126 e. The van der Waals surface area contributed by atoms with Crippen LogP contribution < -0.4 is 5.49 Å². The second kappa shape index (κ2) is 3.17. The third kappa shape index (κ3) is 1.45. The number of aromatic nitrogens is 1. The molecule has 0 atom stereocenters. The Morgan fingerprint density at radius 1 is 1.60 bits per heavy atom. The first kappa shape index (κ1) is 7.02. The van der Waals surface area contributed by atoms with Crippen LogP contribution >= 0.6 is 0 Å². The van der Waals surface area contributed by atoms with Gasteiger partial charge < -0.3 is 9.30 Å². The molecule has 10 heavy (non-hydrogen) atoms. The van der Waals surface area contributed by atoms with Crippen LogP contribution in [0, 0.1) is 5.41 Å². The predicted molar refractivity (Wildman–Crippen MR) is 37.3 cm³/mol. The maximum atomic E-state index is 7.36. The zero-order valence-corrected chi connectivity index (χ0v) is 5.87. The molecule has 1 rings (SSSR count). The Hall–Kier alpha value is -1.09. The van der Waals surface area contributed by atoms with E-state index >= 15 is 0 Å². The van der Waals surface area contributed by atoms with Gasteiger partial charge in [0.1, 0.15) is 12.2 Å². The molecule has 0 aliphatic carbocycles. The van der Waals surface area contributed by atoms with Gasteiger partial charge in [-0.15, -0.1) is 0 Å². The molecule has 0 aliphatic heterocycles. The highest BCUT2D eigenvalue weighted by Gasteiger charge is 1.85. The fourth-order valence-corrected chi connectivity index (χ4v) is 0.728. The lowest BCUT2D eigenvalue weighted by atomic mass is 10.5. The van der Waals surface area contributed by atoms with Gasteiger partial charge in [-0.25, -0.2) is 0 Å². The average molecular weight is 138 g/mol. The lowest BCUT2D eigenvalue weighted by molar-refractivity contribution is 0.127. The van der Waals surface area contributed by atoms with E-state index in [0.717, 1.165) is 0 Å². The highest BCUT2D eigenvalue weighted by Crippen LogP contribution is 1.80. The highest BCUT2D eigenvalue weighted by molar-refractivity contribution is 4.90. The van der Waals surface area contributed by atoms with E-state index < -0.39 is 0 Å². The highest BCUT2D eigenvalue weighted by atomic mass is 16.5. The molecular formula is C7H10N2O. The Morgan fingerprint density at radius 3 is 3.00 bits per heavy atom. The van der Waals surface area contributed by atoms with Gasteiger partial charge in [0.25, 0.3) is 0 Å². The Kier molecular flexibility index (Phi) is 2.23. The van der Waals surface area contributed by atoms with E-state index in [0.29, 0.717) is 12.2 Å². The molecule has 0 bridgehead atoms. The monoisotopic (exact) mass is 138 g/mol. The second-order valence-electron chi connectivity index (χ2n) is 1.97. The van der Waals surface area contributed by atoms with Crippen molar-refractivity contribution in [2.45, 2.75) is 6.73 Å². The largest absolute Gasteiger partial charge is 0.364 e. The minimum Gasteiger partial charge on any atom is -0.364 e. The maximum absolute atomic E-state index is 7.36. The number of pyridine rings is 1. The molecule has 1 heterocycles. The van der Waals surface area contributed by atoms with Crippen LogP contribution in [0.1, 0.15) is 0 Å². The molecular weight excluding hydrogens is 128 g/mol. The fourth-order valence-electron chi connectivity index (χ4n) is 0.728. The van der Waals surface area contributed by atoms with Crippen molar-refractivity contribution >= 4 is 0 Å². The van der Waals surface area contributed by atoms with E-state index in [2.05, 4.69) is 0 Å². The third-order valence-electron chi connectivity index (χ3n) is 1.21. The quantitative estimate of drug-likeness (QED) is 0.637. The Labute approximate surface area is 59.4 Å². The van der Waals surface area contributed by atoms with Crippen molar-refractivity contribution in [2.75, 3.05) is 7.11 Å². The van der Waals surface area contributed by atoms with Crippen molar-refractivity contribution in [1.29, 1.82) is 5.41 Å². The van der Waals surface area contributed by atoms with E-state index in [1.807, 2.05) is 18.3 Å². The summed E-state index contributed by atoms with van der Waals surface area (Å²) in [6.45, 7) is 0.444. The van der Waals surface area contributed by atoms with E-state index in [4.69, 9.17) is 10.1 Å². The molecule has 1 aromatic rings. The zero-order valence-electron chi connectivity index (χ0n) is 5.87. The van der Waals surface area contributed by atoms with Gasteiger partial charge in [0.15, 0.2) is 0 Å². The van der Waals surface area contributed by atoms with Gasteiger partial charge in [-0.2, -0.15) is 0 Å². The number of ether oxygens (including phenoxy) is 1. The van der Waals surface area contributed by atoms with Crippen LogP contribution in [-0.2, 0) is 11.5 Å². The van der Waals surface area contributed by atoms with Crippen LogP contribution in [0.25, 0.3) is 0 Å². The van der Waals surface area contributed by atoms with Crippen molar-refractivity contribution < 1.29 is 4.74 Å². The summed E-state index contributed by atoms with van der Waals surface area (Å²) >= 11 is 0. The molecule has 0 radical (unpaired) electrons. The summed E-state index contributed by atoms with van der Waals surface area (Å²) in [7, 11) is 1.61. The summed E-state index contributed by atoms with van der Waals surface area (Å²) in [5, 5.41) is 7.36. The van der Waals surface area contributed by atoms with E-state index in [-0.39, 0.29) is 0 Å². The molecule has 0 aromatic carbocycles. The van der Waals surface area contributed by atoms with Crippen LogP contribution in [0.3, 0.4) is 0 Å². The van der Waals surface area contributed by atoms with Crippen LogP contribution in [-0.4, -0.2) is 11.7 Å². The summed E-state index contributed by atoms with van der Waals surface area (Å²) < 4.78 is 6.56. The van der Waals surface area contributed by atoms with E-state index in [9.17, 15) is 0 Å². The van der Waals surface area contributed by atoms with Crippen molar-refractivity contribution in [3.63, 3.8) is 0 Å². The average Bonchev–Trinajstić information content (AvgIpc) is 1.94. The Balaban J connectivity index is 2.92. The first-order valence-electron chi connectivity index (χ1n) is 3.03. The molecule has 0 aliphatic rings. The number of hydrogen-bond acceptors (Lipinski definition) is 2. The van der Waals surface area contributed by atoms with Crippen molar-refractivity contribution in [1.82, 2.24) is 4.57 Å². The van der Waals surface area contributed by atoms with Gasteiger partial charge in [-0.05, 0) is 12.1 Å². The van der Waals surface area contributed by atoms with Crippen molar-refractivity contribution in [3.05, 3.63) is 29.9 Å². The molecule has 3 nitrogen and oxygen atoms in total. The number of rotatable bonds is 2. The minimum atomic E-state index is 0.444. The van der Waals surface area contributed by atoms with Crippen molar-refractivity contribution in [2.24, 2.45) is 0 Å². The molecule has 3 heteroatoms. The van der Waals surface area contributed by atoms with Crippen LogP contribution in [0.2, 0.25) is 0 Å². The summed E-state index contributed by atoms with van der Waals surface area (Å²) in [6, 6.07) is 5.42. The molecule has 0 saturated heterocycles. The van der Waals surface area contributed by atoms with Gasteiger partial charge in [0, 0.05) is 13.3 Å². The van der Waals surface area contributed by atoms with Crippen molar-refractivity contribution in [3.8, 4) is 0 Å². The molecule has 1 N–H and O–H groups in total. The first-order chi connectivity index (χ1) is 4.84. The molecule has 0 unspecified atom stereocenters. The molecule has 0 spiro atoms. The number of nitrogens with one attached hydrogen (secondary N) is 1. The molecule has 54 valence electrons. The van der Waals surface area contributed by atoms with Gasteiger partial charge in [-0.3, -0.25) is 5.41 Å². The normalized spacial score (nSPS) is 9.70. The molecule has 0 amide bonds. The van der Waals surface area contributed by atoms with Gasteiger partial charge >= 0.3 is 0 Å². The Bertz CT molecular complexity index is 254. The number of hydrogen-bond donors (Lipinski definition) is 1. The van der Waals surface area contributed by atoms with E-state index in [1.54, 1.807) is 17.7 Å². The summed E-state index contributed by atoms with van der Waals surface area (Å²) in [5.74, 6) is 0. The fraction of sp³-hybridized carbons (Fsp3) is 0.286. The van der Waals surface area contributed by atoms with Gasteiger partial charge in [0.2, 0.25) is 0 Å². The van der Waals surface area contributed by atoms with Crippen LogP contribution in [0.5, 0.6) is 0 Å². The van der Waals surface area contributed by atoms with Gasteiger partial charge in [-0.1, -0.05) is 6.07 Å². The standard InChI is InChI=1S/C7H10N2O/c1-10-6-9-5-3-2-4-7(9)8/h2-5,8H,6H2,1H3. The predicted octanol–water partition coefficient (Wildman–Crippen LogP) is 0.571.